The number of halogens is 1. The molecule has 1 saturated carbocycles. The maximum atomic E-state index is 13.3. The van der Waals surface area contributed by atoms with Crippen molar-refractivity contribution in [2.45, 2.75) is 76.9 Å². The molecule has 0 radical (unpaired) electrons. The minimum atomic E-state index is -0.747. The number of aryl methyl sites for hydroxylation is 1. The highest BCUT2D eigenvalue weighted by molar-refractivity contribution is 6.14. The Labute approximate surface area is 235 Å². The van der Waals surface area contributed by atoms with Gasteiger partial charge in [0.25, 0.3) is 0 Å². The van der Waals surface area contributed by atoms with Crippen molar-refractivity contribution in [2.75, 3.05) is 6.54 Å². The van der Waals surface area contributed by atoms with E-state index < -0.39 is 11.7 Å². The molecule has 0 bridgehead atoms. The van der Waals surface area contributed by atoms with Crippen LogP contribution >= 0.6 is 0 Å². The molecule has 0 amide bonds. The number of nitrogens with one attached hydrogen (secondary N) is 1. The molecule has 6 nitrogen and oxygen atoms in total. The Hall–Kier alpha value is -3.58. The molecule has 1 fully saturated rings. The summed E-state index contributed by atoms with van der Waals surface area (Å²) in [6, 6.07) is 12.6. The van der Waals surface area contributed by atoms with Crippen LogP contribution in [0.25, 0.3) is 0 Å². The Morgan fingerprint density at radius 3 is 2.35 bits per heavy atom. The number of hydrogen-bond acceptors (Lipinski definition) is 6. The number of ether oxygens (including phenoxy) is 1. The van der Waals surface area contributed by atoms with Crippen LogP contribution in [0.3, 0.4) is 0 Å². The van der Waals surface area contributed by atoms with Gasteiger partial charge in [-0.2, -0.15) is 0 Å². The highest BCUT2D eigenvalue weighted by Gasteiger charge is 2.30. The van der Waals surface area contributed by atoms with Gasteiger partial charge in [0.1, 0.15) is 18.0 Å². The zero-order valence-corrected chi connectivity index (χ0v) is 23.3. The lowest BCUT2D eigenvalue weighted by molar-refractivity contribution is -0.151. The third-order valence-corrected chi connectivity index (χ3v) is 7.59. The van der Waals surface area contributed by atoms with Gasteiger partial charge in [0, 0.05) is 16.8 Å². The van der Waals surface area contributed by atoms with Gasteiger partial charge in [-0.05, 0) is 105 Å². The number of ketones is 2. The Kier molecular flexibility index (Phi) is 10.0. The third kappa shape index (κ3) is 7.54. The van der Waals surface area contributed by atoms with Gasteiger partial charge in [-0.3, -0.25) is 14.4 Å². The minimum Gasteiger partial charge on any atom is -0.461 e. The van der Waals surface area contributed by atoms with Crippen molar-refractivity contribution in [3.05, 3.63) is 94.5 Å². The zero-order valence-electron chi connectivity index (χ0n) is 23.3. The molecule has 0 spiro atoms. The molecule has 7 heteroatoms. The first-order valence-electron chi connectivity index (χ1n) is 14.3. The summed E-state index contributed by atoms with van der Waals surface area (Å²) >= 11 is 0. The van der Waals surface area contributed by atoms with Crippen molar-refractivity contribution < 1.29 is 23.5 Å². The standard InChI is InChI=1S/C33H39FN2O4/c1-21(2)20-28(33(39)40-26-7-3-4-8-26)36-19-5-6-22-9-11-23(12-10-22)30-29(37)18-17-27(31(30)35)32(38)24-13-15-25(34)16-14-24/h9-18,21,26,28,30,36H,3-8,19-20,35H2,1-2H3/t28-,30?/m0/s1. The van der Waals surface area contributed by atoms with E-state index in [4.69, 9.17) is 10.5 Å². The summed E-state index contributed by atoms with van der Waals surface area (Å²) in [5.41, 5.74) is 8.92. The van der Waals surface area contributed by atoms with Crippen molar-refractivity contribution in [1.82, 2.24) is 5.32 Å². The lowest BCUT2D eigenvalue weighted by Gasteiger charge is -2.22. The van der Waals surface area contributed by atoms with Crippen molar-refractivity contribution >= 4 is 17.5 Å². The van der Waals surface area contributed by atoms with Crippen LogP contribution < -0.4 is 11.1 Å². The van der Waals surface area contributed by atoms with Gasteiger partial charge in [0.2, 0.25) is 0 Å². The zero-order chi connectivity index (χ0) is 28.6. The SMILES string of the molecule is CC(C)C[C@H](NCCCc1ccc(C2C(=O)C=CC(C(=O)c3ccc(F)cc3)=C2N)cc1)C(=O)OC1CCCC1. The summed E-state index contributed by atoms with van der Waals surface area (Å²) in [6.07, 6.45) is 9.45. The van der Waals surface area contributed by atoms with Crippen molar-refractivity contribution in [3.8, 4) is 0 Å². The van der Waals surface area contributed by atoms with Gasteiger partial charge < -0.3 is 15.8 Å². The third-order valence-electron chi connectivity index (χ3n) is 7.59. The maximum absolute atomic E-state index is 13.3. The van der Waals surface area contributed by atoms with Gasteiger partial charge in [0.05, 0.1) is 5.92 Å². The van der Waals surface area contributed by atoms with E-state index in [0.717, 1.165) is 50.5 Å². The Balaban J connectivity index is 1.34. The van der Waals surface area contributed by atoms with Crippen molar-refractivity contribution in [1.29, 1.82) is 0 Å². The number of carbonyl (C=O) groups excluding carboxylic acids is 3. The number of esters is 1. The van der Waals surface area contributed by atoms with Crippen LogP contribution in [-0.4, -0.2) is 36.2 Å². The second-order valence-corrected chi connectivity index (χ2v) is 11.2. The largest absolute Gasteiger partial charge is 0.461 e. The topological polar surface area (TPSA) is 98.5 Å². The van der Waals surface area contributed by atoms with E-state index in [0.29, 0.717) is 23.6 Å². The molecule has 3 N–H and O–H groups in total. The first-order valence-corrected chi connectivity index (χ1v) is 14.3. The lowest BCUT2D eigenvalue weighted by Crippen LogP contribution is -2.41. The fourth-order valence-electron chi connectivity index (χ4n) is 5.41. The summed E-state index contributed by atoms with van der Waals surface area (Å²) in [5, 5.41) is 3.40. The number of carbonyl (C=O) groups is 3. The summed E-state index contributed by atoms with van der Waals surface area (Å²) in [4.78, 5) is 38.5. The van der Waals surface area contributed by atoms with Crippen molar-refractivity contribution in [2.24, 2.45) is 11.7 Å². The summed E-state index contributed by atoms with van der Waals surface area (Å²) in [7, 11) is 0. The molecule has 40 heavy (non-hydrogen) atoms. The Morgan fingerprint density at radius 1 is 1.02 bits per heavy atom. The van der Waals surface area contributed by atoms with Gasteiger partial charge >= 0.3 is 5.97 Å². The fourth-order valence-corrected chi connectivity index (χ4v) is 5.41. The molecule has 0 aliphatic heterocycles. The maximum Gasteiger partial charge on any atom is 0.323 e. The normalized spacial score (nSPS) is 18.4. The summed E-state index contributed by atoms with van der Waals surface area (Å²) in [6.45, 7) is 4.90. The number of Topliss-reactive ketones (excluding diaryl/α,β-unsaturated/α-hetero) is 1. The molecule has 0 aromatic heterocycles. The van der Waals surface area contributed by atoms with Crippen LogP contribution in [0.1, 0.15) is 79.8 Å². The molecule has 4 rings (SSSR count). The summed E-state index contributed by atoms with van der Waals surface area (Å²) in [5.74, 6) is -1.48. The van der Waals surface area contributed by atoms with Crippen LogP contribution in [0.15, 0.2) is 72.0 Å². The van der Waals surface area contributed by atoms with E-state index in [1.165, 1.54) is 36.4 Å². The number of rotatable bonds is 12. The Bertz CT molecular complexity index is 1260. The number of hydrogen-bond donors (Lipinski definition) is 2. The molecule has 2 atom stereocenters. The monoisotopic (exact) mass is 546 g/mol. The second kappa shape index (κ2) is 13.7. The van der Waals surface area contributed by atoms with E-state index in [1.807, 2.05) is 24.3 Å². The molecule has 2 aliphatic rings. The number of nitrogens with two attached hydrogens (primary N) is 1. The van der Waals surface area contributed by atoms with E-state index in [-0.39, 0.29) is 41.0 Å². The Morgan fingerprint density at radius 2 is 1.70 bits per heavy atom. The molecule has 2 aromatic rings. The molecule has 2 aromatic carbocycles. The molecule has 0 saturated heterocycles. The number of benzene rings is 2. The van der Waals surface area contributed by atoms with Gasteiger partial charge in [0.15, 0.2) is 11.6 Å². The average molecular weight is 547 g/mol. The summed E-state index contributed by atoms with van der Waals surface area (Å²) < 4.78 is 19.0. The molecule has 0 heterocycles. The highest BCUT2D eigenvalue weighted by Crippen LogP contribution is 2.31. The van der Waals surface area contributed by atoms with Gasteiger partial charge in [-0.15, -0.1) is 0 Å². The van der Waals surface area contributed by atoms with Gasteiger partial charge in [-0.25, -0.2) is 4.39 Å². The molecular weight excluding hydrogens is 507 g/mol. The second-order valence-electron chi connectivity index (χ2n) is 11.2. The lowest BCUT2D eigenvalue weighted by atomic mass is 9.83. The van der Waals surface area contributed by atoms with Crippen LogP contribution in [0.2, 0.25) is 0 Å². The average Bonchev–Trinajstić information content (AvgIpc) is 3.44. The predicted octanol–water partition coefficient (Wildman–Crippen LogP) is 5.57. The minimum absolute atomic E-state index is 0.0648. The smallest absolute Gasteiger partial charge is 0.323 e. The van der Waals surface area contributed by atoms with Crippen LogP contribution in [0.4, 0.5) is 4.39 Å². The van der Waals surface area contributed by atoms with E-state index in [2.05, 4.69) is 19.2 Å². The quantitative estimate of drug-likeness (QED) is 0.205. The van der Waals surface area contributed by atoms with Crippen LogP contribution in [-0.2, 0) is 20.7 Å². The van der Waals surface area contributed by atoms with E-state index in [1.54, 1.807) is 0 Å². The first kappa shape index (κ1) is 29.4. The predicted molar refractivity (Wildman–Crippen MR) is 153 cm³/mol. The molecular formula is C33H39FN2O4. The van der Waals surface area contributed by atoms with Crippen LogP contribution in [0.5, 0.6) is 0 Å². The number of allylic oxidation sites excluding steroid dienone is 4. The first-order chi connectivity index (χ1) is 19.2. The molecule has 1 unspecified atom stereocenters. The van der Waals surface area contributed by atoms with E-state index >= 15 is 0 Å². The van der Waals surface area contributed by atoms with Gasteiger partial charge in [-0.1, -0.05) is 38.1 Å². The van der Waals surface area contributed by atoms with Crippen LogP contribution in [0, 0.1) is 11.7 Å². The van der Waals surface area contributed by atoms with E-state index in [9.17, 15) is 18.8 Å². The fraction of sp³-hybridized carbons (Fsp3) is 0.424. The van der Waals surface area contributed by atoms with Crippen molar-refractivity contribution in [3.63, 3.8) is 0 Å². The molecule has 2 aliphatic carbocycles. The highest BCUT2D eigenvalue weighted by atomic mass is 19.1. The molecule has 212 valence electrons.